The Kier molecular flexibility index (Phi) is 6.35. The molecule has 2 heterocycles. The molecule has 3 amide bonds. The molecule has 1 saturated carbocycles. The van der Waals surface area contributed by atoms with Crippen LogP contribution in [0.4, 0.5) is 11.4 Å². The second-order valence-electron chi connectivity index (χ2n) is 9.64. The highest BCUT2D eigenvalue weighted by molar-refractivity contribution is 6.05. The molecular formula is C25H34N4O3. The van der Waals surface area contributed by atoms with E-state index in [4.69, 9.17) is 4.99 Å². The minimum absolute atomic E-state index is 0.00389. The first-order valence-corrected chi connectivity index (χ1v) is 11.7. The summed E-state index contributed by atoms with van der Waals surface area (Å²) >= 11 is 0. The first-order chi connectivity index (χ1) is 15.3. The Morgan fingerprint density at radius 3 is 2.47 bits per heavy atom. The zero-order chi connectivity index (χ0) is 23.0. The van der Waals surface area contributed by atoms with E-state index in [-0.39, 0.29) is 35.6 Å². The fourth-order valence-corrected chi connectivity index (χ4v) is 4.84. The van der Waals surface area contributed by atoms with Gasteiger partial charge in [-0.3, -0.25) is 19.4 Å². The average molecular weight is 439 g/mol. The lowest BCUT2D eigenvalue weighted by atomic mass is 9.88. The van der Waals surface area contributed by atoms with E-state index < -0.39 is 0 Å². The molecule has 0 saturated heterocycles. The van der Waals surface area contributed by atoms with Gasteiger partial charge in [-0.25, -0.2) is 0 Å². The molecule has 1 aromatic carbocycles. The van der Waals surface area contributed by atoms with Crippen molar-refractivity contribution in [1.82, 2.24) is 4.90 Å². The largest absolute Gasteiger partial charge is 0.349 e. The Morgan fingerprint density at radius 1 is 1.12 bits per heavy atom. The fraction of sp³-hybridized carbons (Fsp3) is 0.600. The summed E-state index contributed by atoms with van der Waals surface area (Å²) < 4.78 is 0. The van der Waals surface area contributed by atoms with Gasteiger partial charge in [0.05, 0.1) is 17.4 Å². The highest BCUT2D eigenvalue weighted by atomic mass is 16.2. The number of anilines is 2. The summed E-state index contributed by atoms with van der Waals surface area (Å²) in [6, 6.07) is 6.16. The highest BCUT2D eigenvalue weighted by Gasteiger charge is 2.40. The van der Waals surface area contributed by atoms with Crippen molar-refractivity contribution in [2.24, 2.45) is 10.9 Å². The first-order valence-electron chi connectivity index (χ1n) is 11.7. The minimum Gasteiger partial charge on any atom is -0.349 e. The lowest BCUT2D eigenvalue weighted by Crippen LogP contribution is -2.51. The van der Waals surface area contributed by atoms with Crippen molar-refractivity contribution < 1.29 is 14.4 Å². The molecule has 4 rings (SSSR count). The van der Waals surface area contributed by atoms with Gasteiger partial charge in [0.1, 0.15) is 0 Å². The molecule has 0 aromatic heterocycles. The van der Waals surface area contributed by atoms with Gasteiger partial charge < -0.3 is 14.7 Å². The van der Waals surface area contributed by atoms with Crippen molar-refractivity contribution in [3.8, 4) is 0 Å². The number of amides is 3. The van der Waals surface area contributed by atoms with E-state index in [0.29, 0.717) is 19.5 Å². The molecule has 0 radical (unpaired) electrons. The van der Waals surface area contributed by atoms with Gasteiger partial charge >= 0.3 is 0 Å². The van der Waals surface area contributed by atoms with Crippen LogP contribution in [0.15, 0.2) is 23.2 Å². The topological polar surface area (TPSA) is 73.3 Å². The highest BCUT2D eigenvalue weighted by Crippen LogP contribution is 2.42. The van der Waals surface area contributed by atoms with Crippen LogP contribution < -0.4 is 9.80 Å². The maximum Gasteiger partial charge on any atom is 0.230 e. The number of fused-ring (bicyclic) bond motifs is 1. The van der Waals surface area contributed by atoms with Gasteiger partial charge in [0.25, 0.3) is 0 Å². The second-order valence-corrected chi connectivity index (χ2v) is 9.64. The molecule has 7 nitrogen and oxygen atoms in total. The van der Waals surface area contributed by atoms with Crippen LogP contribution in [0.2, 0.25) is 0 Å². The Labute approximate surface area is 190 Å². The summed E-state index contributed by atoms with van der Waals surface area (Å²) in [4.78, 5) is 47.3. The van der Waals surface area contributed by atoms with Crippen molar-refractivity contribution in [1.29, 1.82) is 0 Å². The number of hydrogen-bond donors (Lipinski definition) is 0. The van der Waals surface area contributed by atoms with Crippen molar-refractivity contribution >= 4 is 34.8 Å². The van der Waals surface area contributed by atoms with Gasteiger partial charge in [0, 0.05) is 58.1 Å². The van der Waals surface area contributed by atoms with Crippen LogP contribution in [-0.2, 0) is 14.4 Å². The molecular weight excluding hydrogens is 404 g/mol. The molecule has 32 heavy (non-hydrogen) atoms. The summed E-state index contributed by atoms with van der Waals surface area (Å²) in [6.07, 6.45) is 5.04. The number of aliphatic imine (C=N–C) groups is 1. The van der Waals surface area contributed by atoms with Crippen molar-refractivity contribution in [3.05, 3.63) is 23.8 Å². The summed E-state index contributed by atoms with van der Waals surface area (Å²) in [5.74, 6) is 0.747. The average Bonchev–Trinajstić information content (AvgIpc) is 3.61. The normalized spacial score (nSPS) is 22.8. The molecule has 0 bridgehead atoms. The van der Waals surface area contributed by atoms with Gasteiger partial charge in [0.2, 0.25) is 17.7 Å². The van der Waals surface area contributed by atoms with Crippen molar-refractivity contribution in [2.45, 2.75) is 64.3 Å². The van der Waals surface area contributed by atoms with Gasteiger partial charge in [0.15, 0.2) is 0 Å². The molecule has 172 valence electrons. The van der Waals surface area contributed by atoms with Crippen LogP contribution in [0.25, 0.3) is 0 Å². The summed E-state index contributed by atoms with van der Waals surface area (Å²) in [5.41, 5.74) is 3.98. The van der Waals surface area contributed by atoms with Gasteiger partial charge in [-0.15, -0.1) is 0 Å². The van der Waals surface area contributed by atoms with Crippen molar-refractivity contribution in [2.75, 3.05) is 37.0 Å². The molecule has 1 fully saturated rings. The zero-order valence-corrected chi connectivity index (χ0v) is 19.6. The lowest BCUT2D eigenvalue weighted by molar-refractivity contribution is -0.128. The molecule has 0 N–H and O–H groups in total. The molecule has 2 aliphatic heterocycles. The predicted molar refractivity (Wildman–Crippen MR) is 126 cm³/mol. The summed E-state index contributed by atoms with van der Waals surface area (Å²) in [7, 11) is 3.56. The van der Waals surface area contributed by atoms with E-state index in [1.165, 1.54) is 5.56 Å². The number of benzene rings is 1. The third kappa shape index (κ3) is 4.57. The molecule has 7 heteroatoms. The van der Waals surface area contributed by atoms with E-state index in [0.717, 1.165) is 49.2 Å². The number of carbonyl (C=O) groups is 3. The monoisotopic (exact) mass is 438 g/mol. The molecule has 0 spiro atoms. The van der Waals surface area contributed by atoms with Crippen LogP contribution in [0.1, 0.15) is 63.9 Å². The third-order valence-corrected chi connectivity index (χ3v) is 6.88. The molecule has 2 atom stereocenters. The molecule has 1 aromatic rings. The van der Waals surface area contributed by atoms with Crippen molar-refractivity contribution in [3.63, 3.8) is 0 Å². The first kappa shape index (κ1) is 22.5. The second kappa shape index (κ2) is 9.04. The summed E-state index contributed by atoms with van der Waals surface area (Å²) in [6.45, 7) is 4.83. The Bertz CT molecular complexity index is 951. The number of nitrogens with zero attached hydrogens (tertiary/aromatic N) is 4. The smallest absolute Gasteiger partial charge is 0.230 e. The maximum absolute atomic E-state index is 13.0. The van der Waals surface area contributed by atoms with Gasteiger partial charge in [-0.1, -0.05) is 6.07 Å². The Hall–Kier alpha value is -2.70. The molecule has 1 aliphatic carbocycles. The van der Waals surface area contributed by atoms with E-state index in [2.05, 4.69) is 12.1 Å². The van der Waals surface area contributed by atoms with Crippen LogP contribution in [0, 0.1) is 5.92 Å². The Morgan fingerprint density at radius 2 is 1.88 bits per heavy atom. The molecule has 2 unspecified atom stereocenters. The number of carbonyl (C=O) groups excluding carboxylic acids is 3. The van der Waals surface area contributed by atoms with E-state index in [1.807, 2.05) is 22.8 Å². The van der Waals surface area contributed by atoms with Crippen LogP contribution in [0.5, 0.6) is 0 Å². The van der Waals surface area contributed by atoms with Crippen LogP contribution >= 0.6 is 0 Å². The SMILES string of the molecule is CC(=O)N1c2ccc(C3CCC(CCC(=O)N(C)C)=NC3)cc2N(C(=O)C2CC2)CC1C. The maximum atomic E-state index is 13.0. The number of hydrogen-bond acceptors (Lipinski definition) is 4. The van der Waals surface area contributed by atoms with E-state index >= 15 is 0 Å². The Balaban J connectivity index is 1.54. The van der Waals surface area contributed by atoms with E-state index in [9.17, 15) is 14.4 Å². The predicted octanol–water partition coefficient (Wildman–Crippen LogP) is 3.37. The number of rotatable bonds is 5. The standard InChI is InChI=1S/C25H34N4O3/c1-16-15-28(25(32)18-5-6-18)23-13-19(8-11-22(23)29(16)17(2)30)20-7-9-21(26-14-20)10-12-24(31)27(3)4/h8,11,13,16,18,20H,5-7,9-10,12,14-15H2,1-4H3. The summed E-state index contributed by atoms with van der Waals surface area (Å²) in [5, 5.41) is 0. The fourth-order valence-electron chi connectivity index (χ4n) is 4.84. The van der Waals surface area contributed by atoms with Crippen LogP contribution in [-0.4, -0.2) is 61.6 Å². The quantitative estimate of drug-likeness (QED) is 0.708. The van der Waals surface area contributed by atoms with Gasteiger partial charge in [-0.05, 0) is 56.7 Å². The third-order valence-electron chi connectivity index (χ3n) is 6.88. The lowest BCUT2D eigenvalue weighted by Gasteiger charge is -2.41. The zero-order valence-electron chi connectivity index (χ0n) is 19.6. The van der Waals surface area contributed by atoms with E-state index in [1.54, 1.807) is 25.9 Å². The molecule has 3 aliphatic rings. The van der Waals surface area contributed by atoms with Gasteiger partial charge in [-0.2, -0.15) is 0 Å². The van der Waals surface area contributed by atoms with Crippen LogP contribution in [0.3, 0.4) is 0 Å². The minimum atomic E-state index is -0.0414.